The molecule has 0 aliphatic heterocycles. The molecule has 3 rings (SSSR count). The van der Waals surface area contributed by atoms with Crippen molar-refractivity contribution in [1.82, 2.24) is 4.98 Å². The maximum atomic E-state index is 5.72. The van der Waals surface area contributed by atoms with E-state index in [2.05, 4.69) is 36.2 Å². The van der Waals surface area contributed by atoms with E-state index >= 15 is 0 Å². The molecule has 0 saturated heterocycles. The molecule has 1 aromatic heterocycles. The van der Waals surface area contributed by atoms with Gasteiger partial charge in [0.25, 0.3) is 0 Å². The Hall–Kier alpha value is -2.75. The quantitative estimate of drug-likeness (QED) is 0.441. The molecule has 0 radical (unpaired) electrons. The zero-order valence-electron chi connectivity index (χ0n) is 17.0. The molecule has 3 aromatic rings. The summed E-state index contributed by atoms with van der Waals surface area (Å²) in [4.78, 5) is 4.67. The summed E-state index contributed by atoms with van der Waals surface area (Å²) < 4.78 is 17.0. The molecule has 0 unspecified atom stereocenters. The molecule has 4 nitrogen and oxygen atoms in total. The summed E-state index contributed by atoms with van der Waals surface area (Å²) in [6, 6.07) is 14.5. The lowest BCUT2D eigenvalue weighted by Gasteiger charge is -2.11. The van der Waals surface area contributed by atoms with Crippen molar-refractivity contribution in [2.75, 3.05) is 13.2 Å². The maximum Gasteiger partial charge on any atom is 0.226 e. The second-order valence-corrected chi connectivity index (χ2v) is 6.65. The molecule has 0 amide bonds. The Kier molecular flexibility index (Phi) is 7.12. The fourth-order valence-corrected chi connectivity index (χ4v) is 3.34. The predicted molar refractivity (Wildman–Crippen MR) is 112 cm³/mol. The SMILES string of the molecule is CCOc1ccc(-c2nc(CCCc3ccccc3CC)co2)cc1OCC. The van der Waals surface area contributed by atoms with Crippen LogP contribution in [0, 0.1) is 0 Å². The lowest BCUT2D eigenvalue weighted by molar-refractivity contribution is 0.288. The van der Waals surface area contributed by atoms with Crippen LogP contribution in [0.25, 0.3) is 11.5 Å². The number of hydrogen-bond donors (Lipinski definition) is 0. The van der Waals surface area contributed by atoms with Gasteiger partial charge in [-0.3, -0.25) is 0 Å². The van der Waals surface area contributed by atoms with Crippen LogP contribution in [0.4, 0.5) is 0 Å². The number of aromatic nitrogens is 1. The summed E-state index contributed by atoms with van der Waals surface area (Å²) in [5.74, 6) is 2.08. The molecule has 0 saturated carbocycles. The van der Waals surface area contributed by atoms with Gasteiger partial charge in [0.15, 0.2) is 11.5 Å². The Labute approximate surface area is 167 Å². The lowest BCUT2D eigenvalue weighted by atomic mass is 10.00. The van der Waals surface area contributed by atoms with Crippen LogP contribution in [0.2, 0.25) is 0 Å². The highest BCUT2D eigenvalue weighted by Crippen LogP contribution is 2.32. The van der Waals surface area contributed by atoms with Crippen LogP contribution < -0.4 is 9.47 Å². The third kappa shape index (κ3) is 4.94. The van der Waals surface area contributed by atoms with Gasteiger partial charge in [0.2, 0.25) is 5.89 Å². The molecule has 2 aromatic carbocycles. The third-order valence-electron chi connectivity index (χ3n) is 4.72. The fraction of sp³-hybridized carbons (Fsp3) is 0.375. The van der Waals surface area contributed by atoms with Crippen molar-refractivity contribution in [2.24, 2.45) is 0 Å². The van der Waals surface area contributed by atoms with E-state index in [1.54, 1.807) is 6.26 Å². The first kappa shape index (κ1) is 20.0. The monoisotopic (exact) mass is 379 g/mol. The molecule has 4 heteroatoms. The molecule has 0 aliphatic rings. The van der Waals surface area contributed by atoms with E-state index < -0.39 is 0 Å². The average Bonchev–Trinajstić information content (AvgIpc) is 3.19. The van der Waals surface area contributed by atoms with Gasteiger partial charge < -0.3 is 13.9 Å². The number of nitrogens with zero attached hydrogens (tertiary/aromatic N) is 1. The van der Waals surface area contributed by atoms with Crippen LogP contribution in [-0.4, -0.2) is 18.2 Å². The Balaban J connectivity index is 1.66. The Morgan fingerprint density at radius 3 is 2.36 bits per heavy atom. The molecule has 148 valence electrons. The Morgan fingerprint density at radius 1 is 0.857 bits per heavy atom. The standard InChI is InChI=1S/C24H29NO3/c1-4-18-10-7-8-11-19(18)12-9-13-21-17-28-24(25-21)20-14-15-22(26-5-2)23(16-20)27-6-3/h7-8,10-11,14-17H,4-6,9,12-13H2,1-3H3. The molecule has 0 fully saturated rings. The fourth-order valence-electron chi connectivity index (χ4n) is 3.34. The zero-order valence-corrected chi connectivity index (χ0v) is 17.0. The van der Waals surface area contributed by atoms with Gasteiger partial charge in [-0.2, -0.15) is 0 Å². The van der Waals surface area contributed by atoms with Gasteiger partial charge in [-0.15, -0.1) is 0 Å². The average molecular weight is 380 g/mol. The normalized spacial score (nSPS) is 10.8. The summed E-state index contributed by atoms with van der Waals surface area (Å²) in [5.41, 5.74) is 4.74. The summed E-state index contributed by atoms with van der Waals surface area (Å²) in [6.45, 7) is 7.31. The first-order valence-corrected chi connectivity index (χ1v) is 10.2. The van der Waals surface area contributed by atoms with Crippen LogP contribution in [0.1, 0.15) is 44.0 Å². The van der Waals surface area contributed by atoms with Crippen molar-refractivity contribution in [2.45, 2.75) is 46.5 Å². The molecule has 1 heterocycles. The van der Waals surface area contributed by atoms with E-state index in [-0.39, 0.29) is 0 Å². The molecule has 0 spiro atoms. The van der Waals surface area contributed by atoms with Gasteiger partial charge in [0.1, 0.15) is 6.26 Å². The third-order valence-corrected chi connectivity index (χ3v) is 4.72. The topological polar surface area (TPSA) is 44.5 Å². The molecule has 0 atom stereocenters. The van der Waals surface area contributed by atoms with E-state index in [1.807, 2.05) is 32.0 Å². The molecule has 0 aliphatic carbocycles. The summed E-state index contributed by atoms with van der Waals surface area (Å²) in [6.07, 6.45) is 5.85. The van der Waals surface area contributed by atoms with Crippen LogP contribution in [-0.2, 0) is 19.3 Å². The van der Waals surface area contributed by atoms with Crippen LogP contribution in [0.15, 0.2) is 53.1 Å². The second-order valence-electron chi connectivity index (χ2n) is 6.65. The minimum atomic E-state index is 0.583. The van der Waals surface area contributed by atoms with E-state index in [1.165, 1.54) is 11.1 Å². The van der Waals surface area contributed by atoms with Gasteiger partial charge in [0, 0.05) is 5.56 Å². The number of rotatable bonds is 10. The second kappa shape index (κ2) is 9.98. The summed E-state index contributed by atoms with van der Waals surface area (Å²) in [5, 5.41) is 0. The van der Waals surface area contributed by atoms with E-state index in [9.17, 15) is 0 Å². The predicted octanol–water partition coefficient (Wildman–Crippen LogP) is 5.88. The minimum Gasteiger partial charge on any atom is -0.490 e. The molecule has 0 bridgehead atoms. The van der Waals surface area contributed by atoms with Crippen molar-refractivity contribution in [3.63, 3.8) is 0 Å². The smallest absolute Gasteiger partial charge is 0.226 e. The summed E-state index contributed by atoms with van der Waals surface area (Å²) >= 11 is 0. The van der Waals surface area contributed by atoms with Crippen molar-refractivity contribution in [3.8, 4) is 23.0 Å². The molecular weight excluding hydrogens is 350 g/mol. The van der Waals surface area contributed by atoms with E-state index in [0.29, 0.717) is 19.1 Å². The Morgan fingerprint density at radius 2 is 1.61 bits per heavy atom. The van der Waals surface area contributed by atoms with E-state index in [0.717, 1.165) is 48.4 Å². The highest BCUT2D eigenvalue weighted by Gasteiger charge is 2.12. The first-order chi connectivity index (χ1) is 13.7. The van der Waals surface area contributed by atoms with Crippen LogP contribution >= 0.6 is 0 Å². The van der Waals surface area contributed by atoms with Crippen molar-refractivity contribution < 1.29 is 13.9 Å². The number of benzene rings is 2. The maximum absolute atomic E-state index is 5.72. The van der Waals surface area contributed by atoms with Gasteiger partial charge in [-0.1, -0.05) is 31.2 Å². The molecule has 28 heavy (non-hydrogen) atoms. The number of aryl methyl sites for hydroxylation is 3. The summed E-state index contributed by atoms with van der Waals surface area (Å²) in [7, 11) is 0. The Bertz CT molecular complexity index is 885. The van der Waals surface area contributed by atoms with Crippen molar-refractivity contribution >= 4 is 0 Å². The first-order valence-electron chi connectivity index (χ1n) is 10.2. The minimum absolute atomic E-state index is 0.583. The van der Waals surface area contributed by atoms with Crippen LogP contribution in [0.3, 0.4) is 0 Å². The molecular formula is C24H29NO3. The highest BCUT2D eigenvalue weighted by atomic mass is 16.5. The molecule has 0 N–H and O–H groups in total. The lowest BCUT2D eigenvalue weighted by Crippen LogP contribution is -1.98. The van der Waals surface area contributed by atoms with E-state index in [4.69, 9.17) is 13.9 Å². The van der Waals surface area contributed by atoms with Gasteiger partial charge in [-0.25, -0.2) is 4.98 Å². The van der Waals surface area contributed by atoms with Gasteiger partial charge >= 0.3 is 0 Å². The van der Waals surface area contributed by atoms with Crippen LogP contribution in [0.5, 0.6) is 11.5 Å². The van der Waals surface area contributed by atoms with Gasteiger partial charge in [-0.05, 0) is 68.9 Å². The number of hydrogen-bond acceptors (Lipinski definition) is 4. The highest BCUT2D eigenvalue weighted by molar-refractivity contribution is 5.60. The zero-order chi connectivity index (χ0) is 19.8. The number of ether oxygens (including phenoxy) is 2. The van der Waals surface area contributed by atoms with Gasteiger partial charge in [0.05, 0.1) is 18.9 Å². The largest absolute Gasteiger partial charge is 0.490 e. The van der Waals surface area contributed by atoms with Crippen molar-refractivity contribution in [3.05, 3.63) is 65.5 Å². The van der Waals surface area contributed by atoms with Crippen molar-refractivity contribution in [1.29, 1.82) is 0 Å². The number of oxazole rings is 1.